The van der Waals surface area contributed by atoms with Crippen LogP contribution in [0.3, 0.4) is 0 Å². The Kier molecular flexibility index (Phi) is 6.68. The average Bonchev–Trinajstić information content (AvgIpc) is 2.67. The Bertz CT molecular complexity index is 783. The molecule has 0 radical (unpaired) electrons. The van der Waals surface area contributed by atoms with E-state index in [4.69, 9.17) is 0 Å². The fourth-order valence-electron chi connectivity index (χ4n) is 3.33. The van der Waals surface area contributed by atoms with Crippen LogP contribution in [0.15, 0.2) is 53.6 Å². The van der Waals surface area contributed by atoms with Crippen LogP contribution in [0.25, 0.3) is 0 Å². The van der Waals surface area contributed by atoms with Gasteiger partial charge in [0.15, 0.2) is 6.54 Å². The van der Waals surface area contributed by atoms with E-state index in [9.17, 15) is 9.18 Å². The molecule has 0 saturated carbocycles. The molecule has 1 fully saturated rings. The van der Waals surface area contributed by atoms with E-state index in [1.807, 2.05) is 0 Å². The molecule has 3 N–H and O–H groups in total. The van der Waals surface area contributed by atoms with Crippen molar-refractivity contribution in [1.29, 1.82) is 0 Å². The van der Waals surface area contributed by atoms with E-state index < -0.39 is 0 Å². The van der Waals surface area contributed by atoms with Crippen LogP contribution in [0.5, 0.6) is 0 Å². The van der Waals surface area contributed by atoms with Crippen molar-refractivity contribution in [3.63, 3.8) is 0 Å². The van der Waals surface area contributed by atoms with Crippen molar-refractivity contribution >= 4 is 12.1 Å². The molecule has 142 valence electrons. The number of benzene rings is 2. The summed E-state index contributed by atoms with van der Waals surface area (Å²) in [6.07, 6.45) is 1.34. The number of carbonyl (C=O) groups excluding carboxylic acids is 1. The second-order valence-electron chi connectivity index (χ2n) is 7.15. The Morgan fingerprint density at radius 2 is 1.74 bits per heavy atom. The van der Waals surface area contributed by atoms with Crippen molar-refractivity contribution in [2.24, 2.45) is 5.10 Å². The van der Waals surface area contributed by atoms with E-state index in [0.29, 0.717) is 12.1 Å². The standard InChI is InChI=1S/C21H25FN4O/c1-17-6-8-18(9-7-17)15-25-10-12-26(13-11-25)16-21(27)24-23-14-19-4-2-3-5-20(19)22/h2-9,14H,10-13,15-16H2,1H3,(H,24,27)/p+2/b23-14-. The van der Waals surface area contributed by atoms with Crippen LogP contribution in [0.1, 0.15) is 16.7 Å². The highest BCUT2D eigenvalue weighted by molar-refractivity contribution is 5.82. The van der Waals surface area contributed by atoms with E-state index in [1.165, 1.54) is 28.3 Å². The fourth-order valence-corrected chi connectivity index (χ4v) is 3.33. The molecule has 1 aliphatic heterocycles. The van der Waals surface area contributed by atoms with Crippen molar-refractivity contribution in [2.75, 3.05) is 32.7 Å². The second kappa shape index (κ2) is 9.39. The minimum absolute atomic E-state index is 0.139. The number of quaternary nitrogens is 2. The maximum absolute atomic E-state index is 13.5. The lowest BCUT2D eigenvalue weighted by Crippen LogP contribution is -3.28. The van der Waals surface area contributed by atoms with Gasteiger partial charge < -0.3 is 9.80 Å². The van der Waals surface area contributed by atoms with E-state index in [0.717, 1.165) is 32.7 Å². The molecule has 0 unspecified atom stereocenters. The van der Waals surface area contributed by atoms with E-state index >= 15 is 0 Å². The molecule has 1 heterocycles. The summed E-state index contributed by atoms with van der Waals surface area (Å²) in [5.41, 5.74) is 5.50. The first-order valence-electron chi connectivity index (χ1n) is 9.39. The summed E-state index contributed by atoms with van der Waals surface area (Å²) in [6, 6.07) is 15.0. The lowest BCUT2D eigenvalue weighted by Gasteiger charge is -2.29. The Labute approximate surface area is 159 Å². The molecule has 1 aliphatic rings. The Morgan fingerprint density at radius 3 is 2.44 bits per heavy atom. The minimum Gasteiger partial charge on any atom is -0.322 e. The maximum Gasteiger partial charge on any atom is 0.295 e. The second-order valence-corrected chi connectivity index (χ2v) is 7.15. The first kappa shape index (κ1) is 19.2. The Morgan fingerprint density at radius 1 is 1.07 bits per heavy atom. The van der Waals surface area contributed by atoms with Crippen LogP contribution >= 0.6 is 0 Å². The van der Waals surface area contributed by atoms with Crippen molar-refractivity contribution in [3.05, 3.63) is 71.0 Å². The largest absolute Gasteiger partial charge is 0.322 e. The fraction of sp³-hybridized carbons (Fsp3) is 0.333. The summed E-state index contributed by atoms with van der Waals surface area (Å²) < 4.78 is 13.5. The van der Waals surface area contributed by atoms with Crippen molar-refractivity contribution in [3.8, 4) is 0 Å². The van der Waals surface area contributed by atoms with E-state index in [2.05, 4.69) is 41.7 Å². The summed E-state index contributed by atoms with van der Waals surface area (Å²) in [6.45, 7) is 7.56. The molecule has 3 rings (SSSR count). The highest BCUT2D eigenvalue weighted by Crippen LogP contribution is 2.02. The van der Waals surface area contributed by atoms with Crippen molar-refractivity contribution in [2.45, 2.75) is 13.5 Å². The third-order valence-corrected chi connectivity index (χ3v) is 4.95. The molecule has 1 amide bonds. The topological polar surface area (TPSA) is 50.3 Å². The number of hydrazone groups is 1. The normalized spacial score (nSPS) is 19.9. The zero-order valence-electron chi connectivity index (χ0n) is 15.7. The van der Waals surface area contributed by atoms with Crippen LogP contribution in [-0.4, -0.2) is 44.8 Å². The first-order valence-corrected chi connectivity index (χ1v) is 9.39. The molecule has 0 aromatic heterocycles. The third-order valence-electron chi connectivity index (χ3n) is 4.95. The molecule has 27 heavy (non-hydrogen) atoms. The van der Waals surface area contributed by atoms with Crippen LogP contribution < -0.4 is 15.2 Å². The SMILES string of the molecule is Cc1ccc(C[NH+]2CC[NH+](CC(=O)N/N=C\c3ccccc3F)CC2)cc1. The maximum atomic E-state index is 13.5. The van der Waals surface area contributed by atoms with Gasteiger partial charge in [-0.2, -0.15) is 5.10 Å². The molecule has 2 aromatic rings. The van der Waals surface area contributed by atoms with Crippen LogP contribution in [0.2, 0.25) is 0 Å². The number of carbonyl (C=O) groups is 1. The number of rotatable bonds is 6. The van der Waals surface area contributed by atoms with Gasteiger partial charge in [0.25, 0.3) is 5.91 Å². The zero-order chi connectivity index (χ0) is 19.1. The predicted octanol–water partition coefficient (Wildman–Crippen LogP) is -0.432. The molecular formula is C21H27FN4O+2. The zero-order valence-corrected chi connectivity index (χ0v) is 15.7. The van der Waals surface area contributed by atoms with Gasteiger partial charge >= 0.3 is 0 Å². The van der Waals surface area contributed by atoms with Gasteiger partial charge in [-0.1, -0.05) is 48.0 Å². The van der Waals surface area contributed by atoms with Gasteiger partial charge in [-0.3, -0.25) is 4.79 Å². The van der Waals surface area contributed by atoms with E-state index in [1.54, 1.807) is 23.1 Å². The summed E-state index contributed by atoms with van der Waals surface area (Å²) in [5, 5.41) is 3.86. The summed E-state index contributed by atoms with van der Waals surface area (Å²) in [4.78, 5) is 14.9. The number of aryl methyl sites for hydroxylation is 1. The quantitative estimate of drug-likeness (QED) is 0.469. The minimum atomic E-state index is -0.353. The van der Waals surface area contributed by atoms with Gasteiger partial charge in [0, 0.05) is 11.1 Å². The lowest BCUT2D eigenvalue weighted by molar-refractivity contribution is -1.02. The van der Waals surface area contributed by atoms with Gasteiger partial charge in [-0.05, 0) is 13.0 Å². The summed E-state index contributed by atoms with van der Waals surface area (Å²) in [5.74, 6) is -0.492. The lowest BCUT2D eigenvalue weighted by atomic mass is 10.1. The highest BCUT2D eigenvalue weighted by atomic mass is 19.1. The first-order chi connectivity index (χ1) is 13.1. The van der Waals surface area contributed by atoms with Gasteiger partial charge in [0.2, 0.25) is 0 Å². The number of hydrogen-bond donors (Lipinski definition) is 3. The molecule has 0 spiro atoms. The Balaban J connectivity index is 1.39. The number of halogens is 1. The van der Waals surface area contributed by atoms with Crippen LogP contribution in [0.4, 0.5) is 4.39 Å². The number of piperazine rings is 1. The smallest absolute Gasteiger partial charge is 0.295 e. The van der Waals surface area contributed by atoms with Gasteiger partial charge in [-0.25, -0.2) is 9.82 Å². The number of amides is 1. The molecule has 0 bridgehead atoms. The summed E-state index contributed by atoms with van der Waals surface area (Å²) in [7, 11) is 0. The van der Waals surface area contributed by atoms with E-state index in [-0.39, 0.29) is 11.7 Å². The monoisotopic (exact) mass is 370 g/mol. The van der Waals surface area contributed by atoms with Gasteiger partial charge in [0.1, 0.15) is 38.5 Å². The average molecular weight is 370 g/mol. The number of nitrogens with zero attached hydrogens (tertiary/aromatic N) is 1. The third kappa shape index (κ3) is 5.98. The number of hydrogen-bond acceptors (Lipinski definition) is 2. The predicted molar refractivity (Wildman–Crippen MR) is 103 cm³/mol. The highest BCUT2D eigenvalue weighted by Gasteiger charge is 2.24. The van der Waals surface area contributed by atoms with Crippen LogP contribution in [0, 0.1) is 12.7 Å². The Hall–Kier alpha value is -2.57. The molecule has 1 saturated heterocycles. The molecule has 2 aromatic carbocycles. The van der Waals surface area contributed by atoms with Crippen molar-refractivity contribution in [1.82, 2.24) is 5.43 Å². The van der Waals surface area contributed by atoms with Gasteiger partial charge in [0.05, 0.1) is 6.21 Å². The summed E-state index contributed by atoms with van der Waals surface area (Å²) >= 11 is 0. The molecular weight excluding hydrogens is 343 g/mol. The molecule has 0 aliphatic carbocycles. The van der Waals surface area contributed by atoms with Crippen LogP contribution in [-0.2, 0) is 11.3 Å². The number of nitrogens with one attached hydrogen (secondary N) is 3. The van der Waals surface area contributed by atoms with Gasteiger partial charge in [-0.15, -0.1) is 0 Å². The van der Waals surface area contributed by atoms with Crippen molar-refractivity contribution < 1.29 is 19.0 Å². The molecule has 5 nitrogen and oxygen atoms in total. The molecule has 6 heteroatoms. The molecule has 0 atom stereocenters.